The first-order chi connectivity index (χ1) is 7.27. The normalized spacial score (nSPS) is 18.4. The summed E-state index contributed by atoms with van der Waals surface area (Å²) in [5.41, 5.74) is 0. The van der Waals surface area contributed by atoms with E-state index in [0.717, 1.165) is 0 Å². The van der Waals surface area contributed by atoms with Crippen LogP contribution in [-0.2, 0) is 0 Å². The Labute approximate surface area is 94.2 Å². The number of hydrogen-bond acceptors (Lipinski definition) is 7. The Balaban J connectivity index is 0. The molecule has 0 saturated carbocycles. The second kappa shape index (κ2) is 9.91. The highest BCUT2D eigenvalue weighted by Crippen LogP contribution is 2.03. The molecule has 0 unspecified atom stereocenters. The van der Waals surface area contributed by atoms with Gasteiger partial charge in [0.05, 0.1) is 13.2 Å². The van der Waals surface area contributed by atoms with Gasteiger partial charge in [0.15, 0.2) is 0 Å². The molecule has 4 atom stereocenters. The maximum atomic E-state index is 8.96. The summed E-state index contributed by atoms with van der Waals surface area (Å²) in [5, 5.41) is 60.2. The lowest BCUT2D eigenvalue weighted by Gasteiger charge is -2.24. The topological polar surface area (TPSA) is 142 Å². The Morgan fingerprint density at radius 1 is 0.688 bits per heavy atom. The number of aliphatic hydroxyl groups is 7. The monoisotopic (exact) mass is 242 g/mol. The molecule has 0 radical (unpaired) electrons. The molecule has 0 saturated heterocycles. The van der Waals surface area contributed by atoms with Crippen molar-refractivity contribution in [3.63, 3.8) is 0 Å². The van der Waals surface area contributed by atoms with Crippen molar-refractivity contribution in [2.24, 2.45) is 0 Å². The van der Waals surface area contributed by atoms with Gasteiger partial charge in [0, 0.05) is 6.10 Å². The van der Waals surface area contributed by atoms with Crippen LogP contribution in [0.25, 0.3) is 0 Å². The maximum absolute atomic E-state index is 8.96. The first-order valence-corrected chi connectivity index (χ1v) is 4.89. The van der Waals surface area contributed by atoms with E-state index in [1.807, 2.05) is 0 Å². The molecule has 0 heterocycles. The molecule has 0 fully saturated rings. The van der Waals surface area contributed by atoms with E-state index in [9.17, 15) is 0 Å². The van der Waals surface area contributed by atoms with Crippen LogP contribution in [0.15, 0.2) is 0 Å². The van der Waals surface area contributed by atoms with Gasteiger partial charge >= 0.3 is 0 Å². The van der Waals surface area contributed by atoms with Gasteiger partial charge in [-0.2, -0.15) is 0 Å². The summed E-state index contributed by atoms with van der Waals surface area (Å²) < 4.78 is 0. The minimum atomic E-state index is -1.67. The Kier molecular flexibility index (Phi) is 11.2. The summed E-state index contributed by atoms with van der Waals surface area (Å²) >= 11 is 0. The fraction of sp³-hybridized carbons (Fsp3) is 1.00. The fourth-order valence-corrected chi connectivity index (χ4v) is 0.671. The largest absolute Gasteiger partial charge is 0.394 e. The van der Waals surface area contributed by atoms with E-state index in [2.05, 4.69) is 0 Å². The molecule has 0 aromatic heterocycles. The molecule has 0 aliphatic rings. The zero-order valence-electron chi connectivity index (χ0n) is 9.43. The zero-order valence-corrected chi connectivity index (χ0v) is 9.43. The molecular formula is C9H22O7. The second-order valence-corrected chi connectivity index (χ2v) is 3.57. The van der Waals surface area contributed by atoms with Gasteiger partial charge < -0.3 is 35.7 Å². The Morgan fingerprint density at radius 2 is 0.875 bits per heavy atom. The molecular weight excluding hydrogens is 220 g/mol. The minimum absolute atomic E-state index is 0.167. The molecule has 7 heteroatoms. The number of hydrogen-bond donors (Lipinski definition) is 7. The molecule has 0 rings (SSSR count). The van der Waals surface area contributed by atoms with Gasteiger partial charge in [-0.3, -0.25) is 0 Å². The van der Waals surface area contributed by atoms with Crippen LogP contribution in [0.1, 0.15) is 13.8 Å². The number of aliphatic hydroxyl groups excluding tert-OH is 7. The van der Waals surface area contributed by atoms with Crippen molar-refractivity contribution >= 4 is 0 Å². The molecule has 0 bridgehead atoms. The third-order valence-electron chi connectivity index (χ3n) is 1.51. The lowest BCUT2D eigenvalue weighted by atomic mass is 10.0. The van der Waals surface area contributed by atoms with Crippen LogP contribution in [-0.4, -0.2) is 79.5 Å². The highest BCUT2D eigenvalue weighted by atomic mass is 16.4. The first kappa shape index (κ1) is 18.1. The molecule has 0 aromatic carbocycles. The summed E-state index contributed by atoms with van der Waals surface area (Å²) in [6.07, 6.45) is -6.56. The summed E-state index contributed by atoms with van der Waals surface area (Å²) in [6.45, 7) is 1.99. The van der Waals surface area contributed by atoms with Gasteiger partial charge in [0.2, 0.25) is 0 Å². The maximum Gasteiger partial charge on any atom is 0.111 e. The van der Waals surface area contributed by atoms with Gasteiger partial charge in [0.1, 0.15) is 24.4 Å². The van der Waals surface area contributed by atoms with Crippen LogP contribution in [0, 0.1) is 0 Å². The minimum Gasteiger partial charge on any atom is -0.394 e. The lowest BCUT2D eigenvalue weighted by molar-refractivity contribution is -0.123. The van der Waals surface area contributed by atoms with Crippen LogP contribution in [0.5, 0.6) is 0 Å². The van der Waals surface area contributed by atoms with Crippen LogP contribution in [0.3, 0.4) is 0 Å². The van der Waals surface area contributed by atoms with E-state index >= 15 is 0 Å². The fourth-order valence-electron chi connectivity index (χ4n) is 0.671. The van der Waals surface area contributed by atoms with E-state index in [4.69, 9.17) is 35.7 Å². The molecule has 7 N–H and O–H groups in total. The van der Waals surface area contributed by atoms with Gasteiger partial charge in [-0.15, -0.1) is 0 Å². The number of rotatable bonds is 5. The molecule has 0 aliphatic heterocycles. The predicted octanol–water partition coefficient (Wildman–Crippen LogP) is -3.20. The van der Waals surface area contributed by atoms with Gasteiger partial charge in [0.25, 0.3) is 0 Å². The average molecular weight is 242 g/mol. The second-order valence-electron chi connectivity index (χ2n) is 3.57. The van der Waals surface area contributed by atoms with E-state index in [1.165, 1.54) is 0 Å². The van der Waals surface area contributed by atoms with E-state index in [1.54, 1.807) is 13.8 Å². The molecule has 16 heavy (non-hydrogen) atoms. The quantitative estimate of drug-likeness (QED) is 0.269. The van der Waals surface area contributed by atoms with Crippen molar-refractivity contribution < 1.29 is 35.7 Å². The van der Waals surface area contributed by atoms with E-state index < -0.39 is 37.6 Å². The summed E-state index contributed by atoms with van der Waals surface area (Å²) in [5.74, 6) is 0. The summed E-state index contributed by atoms with van der Waals surface area (Å²) in [4.78, 5) is 0. The third-order valence-corrected chi connectivity index (χ3v) is 1.51. The smallest absolute Gasteiger partial charge is 0.111 e. The van der Waals surface area contributed by atoms with Crippen molar-refractivity contribution in [2.45, 2.75) is 44.4 Å². The third kappa shape index (κ3) is 8.98. The van der Waals surface area contributed by atoms with Crippen molar-refractivity contribution in [1.29, 1.82) is 0 Å². The Morgan fingerprint density at radius 3 is 1.00 bits per heavy atom. The van der Waals surface area contributed by atoms with E-state index in [-0.39, 0.29) is 6.10 Å². The summed E-state index contributed by atoms with van der Waals surface area (Å²) in [6, 6.07) is 0. The summed E-state index contributed by atoms with van der Waals surface area (Å²) in [7, 11) is 0. The predicted molar refractivity (Wildman–Crippen MR) is 55.6 cm³/mol. The highest BCUT2D eigenvalue weighted by Gasteiger charge is 2.29. The van der Waals surface area contributed by atoms with Crippen molar-refractivity contribution in [3.8, 4) is 0 Å². The molecule has 7 nitrogen and oxygen atoms in total. The first-order valence-electron chi connectivity index (χ1n) is 4.89. The van der Waals surface area contributed by atoms with Gasteiger partial charge in [-0.1, -0.05) is 0 Å². The van der Waals surface area contributed by atoms with Gasteiger partial charge in [-0.05, 0) is 13.8 Å². The van der Waals surface area contributed by atoms with Crippen molar-refractivity contribution in [1.82, 2.24) is 0 Å². The van der Waals surface area contributed by atoms with Crippen LogP contribution >= 0.6 is 0 Å². The van der Waals surface area contributed by atoms with Crippen LogP contribution in [0.4, 0.5) is 0 Å². The standard InChI is InChI=1S/C6H14O6.C3H8O/c7-1-3(9)5(11)6(12)4(10)2-8;1-3(2)4/h3-12H,1-2H2;3-4H,1-2H3/t3-,4-,5-,6-;/m1./s1. The molecule has 100 valence electrons. The van der Waals surface area contributed by atoms with Crippen LogP contribution in [0.2, 0.25) is 0 Å². The molecule has 0 amide bonds. The van der Waals surface area contributed by atoms with Crippen LogP contribution < -0.4 is 0 Å². The average Bonchev–Trinajstić information content (AvgIpc) is 2.24. The van der Waals surface area contributed by atoms with E-state index in [0.29, 0.717) is 0 Å². The zero-order chi connectivity index (χ0) is 13.3. The van der Waals surface area contributed by atoms with Gasteiger partial charge in [-0.25, -0.2) is 0 Å². The molecule has 0 aliphatic carbocycles. The lowest BCUT2D eigenvalue weighted by Crippen LogP contribution is -2.46. The van der Waals surface area contributed by atoms with Crippen molar-refractivity contribution in [2.75, 3.05) is 13.2 Å². The molecule has 0 spiro atoms. The Hall–Kier alpha value is -0.280. The highest BCUT2D eigenvalue weighted by molar-refractivity contribution is 4.79. The SMILES string of the molecule is CC(C)O.OC[C@@H](O)[C@@H](O)[C@H](O)[C@H](O)CO. The van der Waals surface area contributed by atoms with Crippen molar-refractivity contribution in [3.05, 3.63) is 0 Å². The Bertz CT molecular complexity index is 136. The molecule has 0 aromatic rings.